The molecule has 0 saturated carbocycles. The van der Waals surface area contributed by atoms with Gasteiger partial charge in [-0.3, -0.25) is 10.1 Å². The van der Waals surface area contributed by atoms with E-state index in [0.29, 0.717) is 18.8 Å². The molecular weight excluding hydrogens is 347 g/mol. The molecule has 11 heteroatoms. The molecule has 23 heavy (non-hydrogen) atoms. The normalized spacial score (nSPS) is 16.7. The number of ether oxygens (including phenoxy) is 3. The molecule has 2 rings (SSSR count). The van der Waals surface area contributed by atoms with Crippen molar-refractivity contribution in [2.24, 2.45) is 0 Å². The van der Waals surface area contributed by atoms with Crippen molar-refractivity contribution in [1.29, 1.82) is 0 Å². The van der Waals surface area contributed by atoms with Gasteiger partial charge in [0.2, 0.25) is 12.5 Å². The van der Waals surface area contributed by atoms with E-state index >= 15 is 0 Å². The zero-order chi connectivity index (χ0) is 17.0. The van der Waals surface area contributed by atoms with E-state index in [0.717, 1.165) is 0 Å². The largest absolute Gasteiger partial charge is 0.453 e. The summed E-state index contributed by atoms with van der Waals surface area (Å²) in [5.41, 5.74) is -0.362. The van der Waals surface area contributed by atoms with Gasteiger partial charge in [-0.1, -0.05) is 6.92 Å². The van der Waals surface area contributed by atoms with Crippen LogP contribution in [0.3, 0.4) is 0 Å². The lowest BCUT2D eigenvalue weighted by molar-refractivity contribution is -0.385. The second-order valence-corrected chi connectivity index (χ2v) is 7.70. The van der Waals surface area contributed by atoms with Crippen LogP contribution >= 0.6 is 6.64 Å². The number of nitrogens with zero attached hydrogens (tertiary/aromatic N) is 1. The Bertz CT molecular complexity index is 642. The number of methoxy groups -OCH3 is 1. The fourth-order valence-corrected chi connectivity index (χ4v) is 3.84. The lowest BCUT2D eigenvalue weighted by Crippen LogP contribution is -2.31. The number of nitro benzene ring substituents is 1. The van der Waals surface area contributed by atoms with Gasteiger partial charge in [-0.2, -0.15) is 0 Å². The summed E-state index contributed by atoms with van der Waals surface area (Å²) in [6, 6.07) is 2.24. The van der Waals surface area contributed by atoms with E-state index in [4.69, 9.17) is 30.5 Å². The summed E-state index contributed by atoms with van der Waals surface area (Å²) in [6.07, 6.45) is 0.638. The van der Waals surface area contributed by atoms with Crippen molar-refractivity contribution in [3.8, 4) is 17.2 Å². The van der Waals surface area contributed by atoms with Gasteiger partial charge in [0.15, 0.2) is 11.5 Å². The highest BCUT2D eigenvalue weighted by molar-refractivity contribution is 8.08. The highest BCUT2D eigenvalue weighted by atomic mass is 32.5. The molecule has 128 valence electrons. The van der Waals surface area contributed by atoms with Crippen LogP contribution in [-0.4, -0.2) is 36.4 Å². The van der Waals surface area contributed by atoms with Gasteiger partial charge in [0.25, 0.3) is 0 Å². The molecule has 0 amide bonds. The molecule has 1 aromatic rings. The van der Waals surface area contributed by atoms with Crippen molar-refractivity contribution in [3.05, 3.63) is 22.2 Å². The van der Waals surface area contributed by atoms with Crippen molar-refractivity contribution in [3.63, 3.8) is 0 Å². The third-order valence-electron chi connectivity index (χ3n) is 3.08. The number of benzene rings is 1. The Hall–Kier alpha value is -1.45. The van der Waals surface area contributed by atoms with Crippen LogP contribution in [0.25, 0.3) is 0 Å². The highest BCUT2D eigenvalue weighted by Gasteiger charge is 2.29. The molecule has 1 aromatic carbocycles. The molecule has 0 saturated heterocycles. The van der Waals surface area contributed by atoms with Crippen LogP contribution in [-0.2, 0) is 16.5 Å². The van der Waals surface area contributed by atoms with Crippen LogP contribution in [0.5, 0.6) is 17.2 Å². The first-order valence-corrected chi connectivity index (χ1v) is 9.40. The van der Waals surface area contributed by atoms with Crippen LogP contribution in [0, 0.1) is 10.1 Å². The number of nitrogens with one attached hydrogen (secondary N) is 1. The average molecular weight is 364 g/mol. The molecule has 0 bridgehead atoms. The fourth-order valence-electron chi connectivity index (χ4n) is 1.97. The van der Waals surface area contributed by atoms with Gasteiger partial charge >= 0.3 is 12.3 Å². The monoisotopic (exact) mass is 364 g/mol. The van der Waals surface area contributed by atoms with E-state index in [1.165, 1.54) is 19.2 Å². The second kappa shape index (κ2) is 7.41. The summed E-state index contributed by atoms with van der Waals surface area (Å²) in [5.74, 6) is 0.364. The van der Waals surface area contributed by atoms with Crippen molar-refractivity contribution in [1.82, 2.24) is 5.09 Å². The summed E-state index contributed by atoms with van der Waals surface area (Å²) < 4.78 is 20.6. The van der Waals surface area contributed by atoms with Crippen molar-refractivity contribution in [2.75, 3.05) is 20.5 Å². The van der Waals surface area contributed by atoms with E-state index in [2.05, 4.69) is 5.09 Å². The smallest absolute Gasteiger partial charge is 0.315 e. The lowest BCUT2D eigenvalue weighted by Gasteiger charge is -2.23. The Morgan fingerprint density at radius 2 is 2.17 bits per heavy atom. The average Bonchev–Trinajstić information content (AvgIpc) is 2.92. The van der Waals surface area contributed by atoms with E-state index in [-0.39, 0.29) is 30.0 Å². The quantitative estimate of drug-likeness (QED) is 0.406. The molecule has 0 fully saturated rings. The van der Waals surface area contributed by atoms with Crippen molar-refractivity contribution >= 4 is 24.1 Å². The molecule has 1 aliphatic rings. The number of hydrogen-bond donors (Lipinski definition) is 2. The van der Waals surface area contributed by atoms with Gasteiger partial charge in [0.05, 0.1) is 17.6 Å². The molecule has 1 aliphatic heterocycles. The summed E-state index contributed by atoms with van der Waals surface area (Å²) in [6.45, 7) is -1.34. The number of fused-ring (bicyclic) bond motifs is 1. The predicted octanol–water partition coefficient (Wildman–Crippen LogP) is 1.93. The Morgan fingerprint density at radius 3 is 2.74 bits per heavy atom. The topological polar surface area (TPSA) is 112 Å². The van der Waals surface area contributed by atoms with Crippen LogP contribution in [0.1, 0.15) is 13.3 Å². The summed E-state index contributed by atoms with van der Waals surface area (Å²) in [4.78, 5) is 20.8. The molecule has 2 atom stereocenters. The molecule has 9 nitrogen and oxygen atoms in total. The van der Waals surface area contributed by atoms with Crippen LogP contribution in [0.2, 0.25) is 0 Å². The number of hydrogen-bond acceptors (Lipinski definition) is 7. The van der Waals surface area contributed by atoms with Gasteiger partial charge in [-0.05, 0) is 18.2 Å². The van der Waals surface area contributed by atoms with Crippen molar-refractivity contribution in [2.45, 2.75) is 19.4 Å². The third kappa shape index (κ3) is 4.52. The summed E-state index contributed by atoms with van der Waals surface area (Å²) >= 11 is 5.04. The van der Waals surface area contributed by atoms with E-state index in [1.807, 2.05) is 6.92 Å². The Balaban J connectivity index is 2.24. The standard InChI is InChI=1S/C12H17N2O7PS/c1-3-8(6-18-2)13-22(17,23)21-10-5-12-11(19-7-20-12)4-9(10)14(15)16/h4-5,8H,3,6-7H2,1-2H3,(H2,13,17,23). The van der Waals surface area contributed by atoms with Gasteiger partial charge in [0.1, 0.15) is 0 Å². The van der Waals surface area contributed by atoms with Gasteiger partial charge in [0, 0.05) is 19.2 Å². The minimum absolute atomic E-state index is 0.0345. The molecule has 0 radical (unpaired) electrons. The highest BCUT2D eigenvalue weighted by Crippen LogP contribution is 2.48. The number of nitro groups is 1. The molecule has 1 heterocycles. The summed E-state index contributed by atoms with van der Waals surface area (Å²) in [5, 5.41) is 13.9. The maximum atomic E-state index is 11.2. The molecule has 2 N–H and O–H groups in total. The minimum atomic E-state index is -3.51. The third-order valence-corrected chi connectivity index (χ3v) is 4.75. The first-order chi connectivity index (χ1) is 10.9. The Kier molecular flexibility index (Phi) is 5.77. The zero-order valence-electron chi connectivity index (χ0n) is 12.6. The van der Waals surface area contributed by atoms with E-state index in [9.17, 15) is 15.0 Å². The van der Waals surface area contributed by atoms with Gasteiger partial charge < -0.3 is 23.6 Å². The Labute approximate surface area is 137 Å². The zero-order valence-corrected chi connectivity index (χ0v) is 14.3. The van der Waals surface area contributed by atoms with Crippen LogP contribution < -0.4 is 19.1 Å². The first kappa shape index (κ1) is 17.9. The molecule has 0 spiro atoms. The Morgan fingerprint density at radius 1 is 1.52 bits per heavy atom. The number of rotatable bonds is 8. The molecule has 2 unspecified atom stereocenters. The SMILES string of the molecule is CCC(COC)NP(O)(=S)Oc1cc2c(cc1[N+](=O)[O-])OCO2. The van der Waals surface area contributed by atoms with Crippen LogP contribution in [0.4, 0.5) is 5.69 Å². The van der Waals surface area contributed by atoms with Gasteiger partial charge in [-0.15, -0.1) is 0 Å². The fraction of sp³-hybridized carbons (Fsp3) is 0.500. The van der Waals surface area contributed by atoms with Gasteiger partial charge in [-0.25, -0.2) is 5.09 Å². The van der Waals surface area contributed by atoms with E-state index < -0.39 is 11.6 Å². The second-order valence-electron chi connectivity index (χ2n) is 4.73. The molecule has 0 aliphatic carbocycles. The lowest BCUT2D eigenvalue weighted by atomic mass is 10.2. The minimum Gasteiger partial charge on any atom is -0.453 e. The first-order valence-electron chi connectivity index (χ1n) is 6.73. The van der Waals surface area contributed by atoms with Crippen LogP contribution in [0.15, 0.2) is 12.1 Å². The maximum Gasteiger partial charge on any atom is 0.315 e. The molecule has 0 aromatic heterocycles. The van der Waals surface area contributed by atoms with E-state index in [1.54, 1.807) is 0 Å². The van der Waals surface area contributed by atoms with Crippen molar-refractivity contribution < 1.29 is 28.6 Å². The summed E-state index contributed by atoms with van der Waals surface area (Å²) in [7, 11) is 1.52. The maximum absolute atomic E-state index is 11.2. The predicted molar refractivity (Wildman–Crippen MR) is 85.4 cm³/mol. The molecular formula is C12H17N2O7PS.